The monoisotopic (exact) mass is 485 g/mol. The van der Waals surface area contributed by atoms with Crippen LogP contribution >= 0.6 is 47.8 Å². The van der Waals surface area contributed by atoms with Gasteiger partial charge in [-0.1, -0.05) is 0 Å². The summed E-state index contributed by atoms with van der Waals surface area (Å²) in [4.78, 5) is 12.6. The normalized spacial score (nSPS) is 10.8. The Morgan fingerprint density at radius 3 is 2.29 bits per heavy atom. The standard InChI is InChI=1S/C13H8Br3F2NO2/c1-19-10(8(14)9(15)13(19)16)11(20)6-3-5(17)4-7(18)12(6)21-2/h3-4H,1-2H3. The number of hydrogen-bond donors (Lipinski definition) is 0. The van der Waals surface area contributed by atoms with E-state index in [1.54, 1.807) is 11.6 Å². The van der Waals surface area contributed by atoms with Crippen LogP contribution in [-0.2, 0) is 7.05 Å². The number of hydrogen-bond acceptors (Lipinski definition) is 2. The molecule has 0 N–H and O–H groups in total. The molecule has 21 heavy (non-hydrogen) atoms. The van der Waals surface area contributed by atoms with Crippen molar-refractivity contribution in [2.75, 3.05) is 7.11 Å². The minimum atomic E-state index is -0.927. The SMILES string of the molecule is COc1c(F)cc(F)cc1C(=O)c1c(Br)c(Br)c(Br)n1C. The number of ether oxygens (including phenoxy) is 1. The molecule has 2 rings (SSSR count). The molecular formula is C13H8Br3F2NO2. The predicted octanol–water partition coefficient (Wildman–Crippen LogP) is 4.83. The Labute approximate surface area is 144 Å². The number of aromatic nitrogens is 1. The van der Waals surface area contributed by atoms with E-state index >= 15 is 0 Å². The maximum atomic E-state index is 13.7. The molecule has 1 heterocycles. The summed E-state index contributed by atoms with van der Waals surface area (Å²) >= 11 is 9.91. The molecule has 1 aromatic heterocycles. The van der Waals surface area contributed by atoms with Crippen LogP contribution in [-0.4, -0.2) is 17.5 Å². The van der Waals surface area contributed by atoms with Crippen molar-refractivity contribution < 1.29 is 18.3 Å². The van der Waals surface area contributed by atoms with E-state index in [1.165, 1.54) is 7.11 Å². The van der Waals surface area contributed by atoms with Gasteiger partial charge in [-0.05, 0) is 53.9 Å². The molecule has 0 bridgehead atoms. The summed E-state index contributed by atoms with van der Waals surface area (Å²) in [5.74, 6) is -2.63. The van der Waals surface area contributed by atoms with E-state index in [4.69, 9.17) is 4.74 Å². The molecule has 0 aliphatic carbocycles. The third-order valence-electron chi connectivity index (χ3n) is 2.88. The highest BCUT2D eigenvalue weighted by Gasteiger charge is 2.26. The third-order valence-corrected chi connectivity index (χ3v) is 6.42. The van der Waals surface area contributed by atoms with Crippen LogP contribution in [0.4, 0.5) is 8.78 Å². The largest absolute Gasteiger partial charge is 0.493 e. The van der Waals surface area contributed by atoms with E-state index in [0.717, 1.165) is 6.07 Å². The summed E-state index contributed by atoms with van der Waals surface area (Å²) in [5, 5.41) is 0. The summed E-state index contributed by atoms with van der Waals surface area (Å²) in [6.45, 7) is 0. The van der Waals surface area contributed by atoms with Gasteiger partial charge in [-0.2, -0.15) is 0 Å². The van der Waals surface area contributed by atoms with Crippen molar-refractivity contribution in [1.82, 2.24) is 4.57 Å². The summed E-state index contributed by atoms with van der Waals surface area (Å²) in [5.41, 5.74) is 0.0494. The molecule has 0 unspecified atom stereocenters. The second-order valence-corrected chi connectivity index (χ2v) is 6.46. The molecule has 0 spiro atoms. The first-order valence-corrected chi connectivity index (χ1v) is 7.94. The van der Waals surface area contributed by atoms with E-state index in [1.807, 2.05) is 0 Å². The van der Waals surface area contributed by atoms with Crippen LogP contribution in [0.2, 0.25) is 0 Å². The Kier molecular flexibility index (Phi) is 4.89. The van der Waals surface area contributed by atoms with Crippen molar-refractivity contribution in [2.45, 2.75) is 0 Å². The Morgan fingerprint density at radius 1 is 1.19 bits per heavy atom. The molecule has 0 atom stereocenters. The maximum absolute atomic E-state index is 13.7. The molecule has 0 aliphatic heterocycles. The lowest BCUT2D eigenvalue weighted by Crippen LogP contribution is -2.11. The fourth-order valence-electron chi connectivity index (χ4n) is 1.90. The van der Waals surface area contributed by atoms with Gasteiger partial charge in [0.05, 0.1) is 21.6 Å². The van der Waals surface area contributed by atoms with Gasteiger partial charge in [-0.25, -0.2) is 8.78 Å². The molecule has 0 saturated heterocycles. The highest BCUT2D eigenvalue weighted by atomic mass is 79.9. The van der Waals surface area contributed by atoms with Gasteiger partial charge in [0.25, 0.3) is 0 Å². The number of nitrogens with zero attached hydrogens (tertiary/aromatic N) is 1. The molecule has 8 heteroatoms. The van der Waals surface area contributed by atoms with Crippen LogP contribution < -0.4 is 4.74 Å². The van der Waals surface area contributed by atoms with Gasteiger partial charge in [-0.3, -0.25) is 4.79 Å². The summed E-state index contributed by atoms with van der Waals surface area (Å²) in [6, 6.07) is 1.62. The quantitative estimate of drug-likeness (QED) is 0.581. The zero-order valence-corrected chi connectivity index (χ0v) is 15.6. The zero-order chi connectivity index (χ0) is 15.9. The van der Waals surface area contributed by atoms with Gasteiger partial charge in [0, 0.05) is 13.1 Å². The average molecular weight is 488 g/mol. The third kappa shape index (κ3) is 2.80. The first-order chi connectivity index (χ1) is 9.79. The Morgan fingerprint density at radius 2 is 1.81 bits per heavy atom. The summed E-state index contributed by atoms with van der Waals surface area (Å²) in [6.07, 6.45) is 0. The Bertz CT molecular complexity index is 718. The second-order valence-electron chi connectivity index (χ2n) is 4.12. The molecule has 0 fully saturated rings. The molecule has 0 radical (unpaired) electrons. The fraction of sp³-hybridized carbons (Fsp3) is 0.154. The Hall–Kier alpha value is -0.730. The van der Waals surface area contributed by atoms with Gasteiger partial charge in [-0.15, -0.1) is 0 Å². The Balaban J connectivity index is 2.69. The number of carbonyl (C=O) groups excluding carboxylic acids is 1. The van der Waals surface area contributed by atoms with Gasteiger partial charge in [0.15, 0.2) is 11.6 Å². The van der Waals surface area contributed by atoms with E-state index in [0.29, 0.717) is 19.6 Å². The smallest absolute Gasteiger partial charge is 0.214 e. The molecule has 0 amide bonds. The van der Waals surface area contributed by atoms with Crippen molar-refractivity contribution >= 4 is 53.6 Å². The van der Waals surface area contributed by atoms with Crippen molar-refractivity contribution in [3.05, 3.63) is 48.6 Å². The minimum Gasteiger partial charge on any atom is -0.493 e. The van der Waals surface area contributed by atoms with Crippen molar-refractivity contribution in [3.8, 4) is 5.75 Å². The molecule has 0 aliphatic rings. The number of benzene rings is 1. The van der Waals surface area contributed by atoms with Crippen LogP contribution in [0.3, 0.4) is 0 Å². The van der Waals surface area contributed by atoms with Gasteiger partial charge < -0.3 is 9.30 Å². The van der Waals surface area contributed by atoms with Crippen LogP contribution in [0.25, 0.3) is 0 Å². The fourth-order valence-corrected chi connectivity index (χ4v) is 3.63. The highest BCUT2D eigenvalue weighted by Crippen LogP contribution is 2.38. The van der Waals surface area contributed by atoms with Crippen molar-refractivity contribution in [3.63, 3.8) is 0 Å². The minimum absolute atomic E-state index is 0.184. The van der Waals surface area contributed by atoms with Crippen molar-refractivity contribution in [2.24, 2.45) is 7.05 Å². The van der Waals surface area contributed by atoms with E-state index in [2.05, 4.69) is 47.8 Å². The van der Waals surface area contributed by atoms with Gasteiger partial charge in [0.2, 0.25) is 5.78 Å². The van der Waals surface area contributed by atoms with E-state index in [-0.39, 0.29) is 17.0 Å². The van der Waals surface area contributed by atoms with Crippen molar-refractivity contribution in [1.29, 1.82) is 0 Å². The molecule has 0 saturated carbocycles. The molecular weight excluding hydrogens is 480 g/mol. The average Bonchev–Trinajstić information content (AvgIpc) is 2.61. The predicted molar refractivity (Wildman–Crippen MR) is 84.9 cm³/mol. The number of carbonyl (C=O) groups is 1. The molecule has 1 aromatic carbocycles. The van der Waals surface area contributed by atoms with E-state index < -0.39 is 17.4 Å². The van der Waals surface area contributed by atoms with Crippen LogP contribution in [0.1, 0.15) is 16.1 Å². The summed E-state index contributed by atoms with van der Waals surface area (Å²) in [7, 11) is 2.87. The molecule has 112 valence electrons. The van der Waals surface area contributed by atoms with Crippen LogP contribution in [0, 0.1) is 11.6 Å². The first-order valence-electron chi connectivity index (χ1n) is 5.56. The molecule has 2 aromatic rings. The topological polar surface area (TPSA) is 31.2 Å². The van der Waals surface area contributed by atoms with Gasteiger partial charge >= 0.3 is 0 Å². The first kappa shape index (κ1) is 16.6. The van der Waals surface area contributed by atoms with Crippen LogP contribution in [0.15, 0.2) is 25.7 Å². The number of methoxy groups -OCH3 is 1. The van der Waals surface area contributed by atoms with Gasteiger partial charge in [0.1, 0.15) is 16.1 Å². The number of rotatable bonds is 3. The summed E-state index contributed by atoms with van der Waals surface area (Å²) < 4.78 is 35.3. The lowest BCUT2D eigenvalue weighted by molar-refractivity contribution is 0.102. The number of halogens is 5. The van der Waals surface area contributed by atoms with E-state index in [9.17, 15) is 13.6 Å². The maximum Gasteiger partial charge on any atom is 0.214 e. The van der Waals surface area contributed by atoms with Crippen LogP contribution in [0.5, 0.6) is 5.75 Å². The highest BCUT2D eigenvalue weighted by molar-refractivity contribution is 9.14. The number of ketones is 1. The second kappa shape index (κ2) is 6.18. The zero-order valence-electron chi connectivity index (χ0n) is 10.8. The molecule has 3 nitrogen and oxygen atoms in total. The lowest BCUT2D eigenvalue weighted by atomic mass is 10.1. The lowest BCUT2D eigenvalue weighted by Gasteiger charge is -2.10.